The van der Waals surface area contributed by atoms with Crippen LogP contribution in [0.25, 0.3) is 21.4 Å². The van der Waals surface area contributed by atoms with Crippen molar-refractivity contribution in [1.82, 2.24) is 15.0 Å². The van der Waals surface area contributed by atoms with Crippen LogP contribution >= 0.6 is 34.0 Å². The second-order valence-electron chi connectivity index (χ2n) is 3.31. The van der Waals surface area contributed by atoms with Gasteiger partial charge in [-0.05, 0) is 0 Å². The molecule has 18 heavy (non-hydrogen) atoms. The minimum atomic E-state index is -0.521. The molecule has 3 aromatic rings. The van der Waals surface area contributed by atoms with Crippen molar-refractivity contribution >= 4 is 39.9 Å². The van der Waals surface area contributed by atoms with Gasteiger partial charge in [-0.1, -0.05) is 0 Å². The zero-order valence-electron chi connectivity index (χ0n) is 8.86. The highest BCUT2D eigenvalue weighted by molar-refractivity contribution is 7.15. The highest BCUT2D eigenvalue weighted by atomic mass is 32.1. The summed E-state index contributed by atoms with van der Waals surface area (Å²) in [5, 5.41) is 7.03. The van der Waals surface area contributed by atoms with Gasteiger partial charge in [0, 0.05) is 16.1 Å². The summed E-state index contributed by atoms with van der Waals surface area (Å²) in [5.41, 5.74) is 8.83. The smallest absolute Gasteiger partial charge is 0.268 e. The summed E-state index contributed by atoms with van der Waals surface area (Å²) in [7, 11) is 0. The molecule has 0 aromatic carbocycles. The van der Waals surface area contributed by atoms with E-state index < -0.39 is 5.91 Å². The summed E-state index contributed by atoms with van der Waals surface area (Å²) in [5.74, 6) is -0.521. The zero-order valence-corrected chi connectivity index (χ0v) is 11.3. The second kappa shape index (κ2) is 4.56. The van der Waals surface area contributed by atoms with E-state index in [4.69, 9.17) is 5.73 Å². The molecule has 0 saturated heterocycles. The Morgan fingerprint density at radius 1 is 1.06 bits per heavy atom. The van der Waals surface area contributed by atoms with E-state index in [9.17, 15) is 4.79 Å². The summed E-state index contributed by atoms with van der Waals surface area (Å²) < 4.78 is 0. The molecule has 8 heteroatoms. The van der Waals surface area contributed by atoms with Gasteiger partial charge in [-0.25, -0.2) is 15.0 Å². The molecular weight excluding hydrogens is 288 g/mol. The van der Waals surface area contributed by atoms with Crippen LogP contribution in [0.15, 0.2) is 21.7 Å². The van der Waals surface area contributed by atoms with Gasteiger partial charge in [-0.15, -0.1) is 34.0 Å². The number of amides is 1. The van der Waals surface area contributed by atoms with Gasteiger partial charge in [0.15, 0.2) is 0 Å². The molecule has 0 spiro atoms. The van der Waals surface area contributed by atoms with Gasteiger partial charge < -0.3 is 5.73 Å². The maximum Gasteiger partial charge on any atom is 0.268 e. The average Bonchev–Trinajstić information content (AvgIpc) is 3.10. The van der Waals surface area contributed by atoms with Crippen LogP contribution in [0.3, 0.4) is 0 Å². The van der Waals surface area contributed by atoms with Gasteiger partial charge in [0.1, 0.15) is 27.1 Å². The van der Waals surface area contributed by atoms with E-state index in [0.717, 1.165) is 16.4 Å². The predicted octanol–water partition coefficient (Wildman–Crippen LogP) is 2.49. The van der Waals surface area contributed by atoms with E-state index in [-0.39, 0.29) is 5.69 Å². The summed E-state index contributed by atoms with van der Waals surface area (Å²) in [6.07, 6.45) is 0. The molecule has 1 amide bonds. The van der Waals surface area contributed by atoms with Gasteiger partial charge in [-0.2, -0.15) is 0 Å². The van der Waals surface area contributed by atoms with Crippen LogP contribution < -0.4 is 5.73 Å². The van der Waals surface area contributed by atoms with Crippen LogP contribution in [-0.4, -0.2) is 20.9 Å². The number of aromatic nitrogens is 3. The normalized spacial score (nSPS) is 10.7. The number of nitrogens with two attached hydrogens (primary N) is 1. The molecule has 0 aliphatic heterocycles. The fraction of sp³-hybridized carbons (Fsp3) is 0. The molecule has 0 aliphatic rings. The molecule has 0 aliphatic carbocycles. The summed E-state index contributed by atoms with van der Waals surface area (Å²) in [4.78, 5) is 23.8. The lowest BCUT2D eigenvalue weighted by atomic mass is 10.4. The fourth-order valence-corrected chi connectivity index (χ4v) is 3.54. The van der Waals surface area contributed by atoms with E-state index >= 15 is 0 Å². The van der Waals surface area contributed by atoms with Crippen LogP contribution in [0, 0.1) is 0 Å². The second-order valence-corrected chi connectivity index (χ2v) is 5.75. The number of carbonyl (C=O) groups excluding carboxylic acids is 1. The number of hydrogen-bond acceptors (Lipinski definition) is 7. The molecule has 0 bridgehead atoms. The Kier molecular flexibility index (Phi) is 2.90. The monoisotopic (exact) mass is 294 g/mol. The Balaban J connectivity index is 1.95. The van der Waals surface area contributed by atoms with Crippen molar-refractivity contribution in [3.63, 3.8) is 0 Å². The zero-order chi connectivity index (χ0) is 12.5. The molecule has 3 aromatic heterocycles. The maximum absolute atomic E-state index is 11.0. The minimum Gasteiger partial charge on any atom is -0.364 e. The van der Waals surface area contributed by atoms with Crippen LogP contribution in [0.1, 0.15) is 10.5 Å². The standard InChI is InChI=1S/C10H6N4OS3/c11-8(15)5-2-17-10(13-5)7-3-18-9(14-7)6-1-16-4-12-6/h1-4H,(H2,11,15). The SMILES string of the molecule is NC(=O)c1csc(-c2csc(-c3cscn3)n2)n1. The minimum absolute atomic E-state index is 0.276. The Hall–Kier alpha value is -1.64. The van der Waals surface area contributed by atoms with Crippen LogP contribution in [0.5, 0.6) is 0 Å². The van der Waals surface area contributed by atoms with E-state index in [2.05, 4.69) is 15.0 Å². The van der Waals surface area contributed by atoms with Gasteiger partial charge in [0.05, 0.1) is 5.51 Å². The van der Waals surface area contributed by atoms with Crippen molar-refractivity contribution in [1.29, 1.82) is 0 Å². The Labute approximate surface area is 114 Å². The van der Waals surface area contributed by atoms with Crippen molar-refractivity contribution in [3.8, 4) is 21.4 Å². The van der Waals surface area contributed by atoms with Crippen molar-refractivity contribution in [2.75, 3.05) is 0 Å². The third-order valence-electron chi connectivity index (χ3n) is 2.13. The van der Waals surface area contributed by atoms with Crippen molar-refractivity contribution in [2.45, 2.75) is 0 Å². The molecular formula is C10H6N4OS3. The molecule has 0 unspecified atom stereocenters. The Morgan fingerprint density at radius 3 is 2.50 bits per heavy atom. The lowest BCUT2D eigenvalue weighted by Crippen LogP contribution is -2.10. The summed E-state index contributed by atoms with van der Waals surface area (Å²) >= 11 is 4.39. The number of primary amides is 1. The molecule has 0 saturated carbocycles. The average molecular weight is 294 g/mol. The Bertz CT molecular complexity index is 686. The molecule has 5 nitrogen and oxygen atoms in total. The quantitative estimate of drug-likeness (QED) is 0.804. The highest BCUT2D eigenvalue weighted by Crippen LogP contribution is 2.30. The third-order valence-corrected chi connectivity index (χ3v) is 4.45. The molecule has 0 radical (unpaired) electrons. The van der Waals surface area contributed by atoms with Crippen molar-refractivity contribution in [3.05, 3.63) is 27.3 Å². The molecule has 90 valence electrons. The molecule has 3 rings (SSSR count). The fourth-order valence-electron chi connectivity index (χ4n) is 1.31. The maximum atomic E-state index is 11.0. The number of nitrogens with zero attached hydrogens (tertiary/aromatic N) is 3. The lowest BCUT2D eigenvalue weighted by molar-refractivity contribution is 0.0996. The predicted molar refractivity (Wildman–Crippen MR) is 72.8 cm³/mol. The molecule has 2 N–H and O–H groups in total. The number of hydrogen-bond donors (Lipinski definition) is 1. The van der Waals surface area contributed by atoms with E-state index in [0.29, 0.717) is 5.01 Å². The van der Waals surface area contributed by atoms with Crippen LogP contribution in [0.4, 0.5) is 0 Å². The first-order valence-corrected chi connectivity index (χ1v) is 7.54. The summed E-state index contributed by atoms with van der Waals surface area (Å²) in [6.45, 7) is 0. The van der Waals surface area contributed by atoms with Gasteiger partial charge in [-0.3, -0.25) is 4.79 Å². The topological polar surface area (TPSA) is 81.8 Å². The largest absolute Gasteiger partial charge is 0.364 e. The van der Waals surface area contributed by atoms with Gasteiger partial charge in [0.25, 0.3) is 5.91 Å². The first-order valence-electron chi connectivity index (χ1n) is 4.84. The Morgan fingerprint density at radius 2 is 1.83 bits per heavy atom. The van der Waals surface area contributed by atoms with E-state index in [1.54, 1.807) is 10.9 Å². The third kappa shape index (κ3) is 2.05. The van der Waals surface area contributed by atoms with Crippen LogP contribution in [0.2, 0.25) is 0 Å². The van der Waals surface area contributed by atoms with E-state index in [1.807, 2.05) is 10.8 Å². The number of thiazole rings is 3. The first-order chi connectivity index (χ1) is 8.74. The first kappa shape index (κ1) is 11.5. The van der Waals surface area contributed by atoms with Gasteiger partial charge >= 0.3 is 0 Å². The highest BCUT2D eigenvalue weighted by Gasteiger charge is 2.13. The molecule has 0 atom stereocenters. The van der Waals surface area contributed by atoms with E-state index in [1.165, 1.54) is 34.0 Å². The van der Waals surface area contributed by atoms with Crippen LogP contribution in [-0.2, 0) is 0 Å². The van der Waals surface area contributed by atoms with Gasteiger partial charge in [0.2, 0.25) is 0 Å². The lowest BCUT2D eigenvalue weighted by Gasteiger charge is -1.88. The van der Waals surface area contributed by atoms with Crippen molar-refractivity contribution in [2.24, 2.45) is 5.73 Å². The van der Waals surface area contributed by atoms with Crippen molar-refractivity contribution < 1.29 is 4.79 Å². The number of rotatable bonds is 3. The number of carbonyl (C=O) groups is 1. The molecule has 3 heterocycles. The summed E-state index contributed by atoms with van der Waals surface area (Å²) in [6, 6.07) is 0. The molecule has 0 fully saturated rings.